The third-order valence-corrected chi connectivity index (χ3v) is 4.47. The Balaban J connectivity index is 1.85. The summed E-state index contributed by atoms with van der Waals surface area (Å²) in [6.07, 6.45) is 5.34. The number of nitrogens with two attached hydrogens (primary N) is 1. The van der Waals surface area contributed by atoms with Gasteiger partial charge in [0.1, 0.15) is 6.07 Å². The predicted octanol–water partition coefficient (Wildman–Crippen LogP) is 1.21. The smallest absolute Gasteiger partial charge is 0.151 e. The van der Waals surface area contributed by atoms with Gasteiger partial charge in [-0.25, -0.2) is 4.98 Å². The van der Waals surface area contributed by atoms with E-state index in [2.05, 4.69) is 27.9 Å². The lowest BCUT2D eigenvalue weighted by Gasteiger charge is -2.27. The lowest BCUT2D eigenvalue weighted by atomic mass is 10.1. The van der Waals surface area contributed by atoms with Gasteiger partial charge in [-0.2, -0.15) is 5.26 Å². The molecule has 5 nitrogen and oxygen atoms in total. The molecule has 0 aromatic carbocycles. The quantitative estimate of drug-likeness (QED) is 0.819. The number of aromatic nitrogens is 1. The van der Waals surface area contributed by atoms with Gasteiger partial charge in [0.25, 0.3) is 0 Å². The van der Waals surface area contributed by atoms with Gasteiger partial charge in [0.05, 0.1) is 11.3 Å². The number of pyridine rings is 1. The summed E-state index contributed by atoms with van der Waals surface area (Å²) in [5, 5.41) is 8.86. The van der Waals surface area contributed by atoms with E-state index in [4.69, 9.17) is 11.0 Å². The summed E-state index contributed by atoms with van der Waals surface area (Å²) in [6, 6.07) is 5.10. The molecule has 1 aromatic rings. The second-order valence-corrected chi connectivity index (χ2v) is 5.53. The molecule has 100 valence electrons. The molecule has 3 rings (SSSR count). The van der Waals surface area contributed by atoms with Gasteiger partial charge >= 0.3 is 0 Å². The number of hydrogen-bond donors (Lipinski definition) is 1. The van der Waals surface area contributed by atoms with Crippen LogP contribution in [-0.4, -0.2) is 42.1 Å². The van der Waals surface area contributed by atoms with Crippen molar-refractivity contribution in [3.63, 3.8) is 0 Å². The lowest BCUT2D eigenvalue weighted by molar-refractivity contribution is 0.254. The molecule has 1 aromatic heterocycles. The molecule has 2 aliphatic heterocycles. The van der Waals surface area contributed by atoms with Crippen LogP contribution >= 0.6 is 0 Å². The standard InChI is InChI=1S/C14H19N5/c1-18-11-2-3-12(18)9-19(5-4-11)14-13(16)6-10(7-15)8-17-14/h6,8,11-12H,2-5,9,16H2,1H3. The minimum atomic E-state index is 0.523. The number of nitrogens with zero attached hydrogens (tertiary/aromatic N) is 4. The van der Waals surface area contributed by atoms with E-state index in [9.17, 15) is 0 Å². The molecule has 3 heterocycles. The van der Waals surface area contributed by atoms with E-state index in [-0.39, 0.29) is 0 Å². The average Bonchev–Trinajstić information content (AvgIpc) is 2.64. The third-order valence-electron chi connectivity index (χ3n) is 4.47. The van der Waals surface area contributed by atoms with Crippen LogP contribution in [0.2, 0.25) is 0 Å². The maximum Gasteiger partial charge on any atom is 0.151 e. The summed E-state index contributed by atoms with van der Waals surface area (Å²) in [6.45, 7) is 1.98. The number of nitriles is 1. The van der Waals surface area contributed by atoms with Gasteiger partial charge in [-0.3, -0.25) is 4.90 Å². The minimum Gasteiger partial charge on any atom is -0.396 e. The molecule has 0 amide bonds. The van der Waals surface area contributed by atoms with Gasteiger partial charge in [0, 0.05) is 31.4 Å². The summed E-state index contributed by atoms with van der Waals surface area (Å²) >= 11 is 0. The Labute approximate surface area is 113 Å². The van der Waals surface area contributed by atoms with Crippen LogP contribution in [-0.2, 0) is 0 Å². The highest BCUT2D eigenvalue weighted by atomic mass is 15.3. The van der Waals surface area contributed by atoms with Gasteiger partial charge < -0.3 is 10.6 Å². The summed E-state index contributed by atoms with van der Waals surface area (Å²) in [4.78, 5) is 9.16. The zero-order chi connectivity index (χ0) is 13.4. The molecule has 2 saturated heterocycles. The van der Waals surface area contributed by atoms with Crippen LogP contribution in [0, 0.1) is 11.3 Å². The van der Waals surface area contributed by atoms with Gasteiger partial charge in [-0.1, -0.05) is 0 Å². The fourth-order valence-electron chi connectivity index (χ4n) is 3.30. The highest BCUT2D eigenvalue weighted by Gasteiger charge is 2.35. The van der Waals surface area contributed by atoms with Crippen molar-refractivity contribution in [2.75, 3.05) is 30.8 Å². The van der Waals surface area contributed by atoms with Crippen molar-refractivity contribution in [3.05, 3.63) is 17.8 Å². The highest BCUT2D eigenvalue weighted by Crippen LogP contribution is 2.31. The zero-order valence-corrected chi connectivity index (χ0v) is 11.2. The van der Waals surface area contributed by atoms with Gasteiger partial charge in [0.2, 0.25) is 0 Å². The first-order valence-electron chi connectivity index (χ1n) is 6.81. The fourth-order valence-corrected chi connectivity index (χ4v) is 3.30. The Kier molecular flexibility index (Phi) is 3.03. The Hall–Kier alpha value is -1.80. The van der Waals surface area contributed by atoms with Crippen molar-refractivity contribution >= 4 is 11.5 Å². The van der Waals surface area contributed by atoms with Crippen LogP contribution in [0.4, 0.5) is 11.5 Å². The van der Waals surface area contributed by atoms with Crippen LogP contribution in [0.3, 0.4) is 0 Å². The maximum atomic E-state index is 8.86. The second-order valence-electron chi connectivity index (χ2n) is 5.53. The van der Waals surface area contributed by atoms with Gasteiger partial charge in [-0.05, 0) is 32.4 Å². The van der Waals surface area contributed by atoms with Crippen molar-refractivity contribution in [2.45, 2.75) is 31.3 Å². The molecule has 2 aliphatic rings. The fraction of sp³-hybridized carbons (Fsp3) is 0.571. The summed E-state index contributed by atoms with van der Waals surface area (Å²) in [7, 11) is 2.22. The molecule has 0 saturated carbocycles. The summed E-state index contributed by atoms with van der Waals surface area (Å²) in [5.41, 5.74) is 7.18. The Bertz CT molecular complexity index is 521. The third kappa shape index (κ3) is 2.13. The van der Waals surface area contributed by atoms with Crippen LogP contribution < -0.4 is 10.6 Å². The van der Waals surface area contributed by atoms with Crippen LogP contribution in [0.15, 0.2) is 12.3 Å². The van der Waals surface area contributed by atoms with E-state index in [0.717, 1.165) is 25.3 Å². The second kappa shape index (κ2) is 4.71. The molecule has 2 N–H and O–H groups in total. The minimum absolute atomic E-state index is 0.523. The molecule has 2 fully saturated rings. The molecule has 19 heavy (non-hydrogen) atoms. The van der Waals surface area contributed by atoms with E-state index in [1.807, 2.05) is 0 Å². The van der Waals surface area contributed by atoms with Crippen LogP contribution in [0.5, 0.6) is 0 Å². The van der Waals surface area contributed by atoms with E-state index < -0.39 is 0 Å². The first-order valence-corrected chi connectivity index (χ1v) is 6.81. The molecule has 2 atom stereocenters. The topological polar surface area (TPSA) is 69.2 Å². The Morgan fingerprint density at radius 1 is 1.37 bits per heavy atom. The van der Waals surface area contributed by atoms with E-state index >= 15 is 0 Å². The largest absolute Gasteiger partial charge is 0.396 e. The van der Waals surface area contributed by atoms with Crippen LogP contribution in [0.1, 0.15) is 24.8 Å². The van der Waals surface area contributed by atoms with Crippen molar-refractivity contribution < 1.29 is 0 Å². The number of rotatable bonds is 1. The SMILES string of the molecule is CN1C2CCC1CN(c1ncc(C#N)cc1N)CC2. The normalized spacial score (nSPS) is 27.1. The molecule has 0 aliphatic carbocycles. The monoisotopic (exact) mass is 257 g/mol. The van der Waals surface area contributed by atoms with Crippen molar-refractivity contribution in [1.82, 2.24) is 9.88 Å². The average molecular weight is 257 g/mol. The van der Waals surface area contributed by atoms with Crippen molar-refractivity contribution in [1.29, 1.82) is 5.26 Å². The number of nitrogen functional groups attached to an aromatic ring is 1. The summed E-state index contributed by atoms with van der Waals surface area (Å²) < 4.78 is 0. The van der Waals surface area contributed by atoms with Crippen molar-refractivity contribution in [3.8, 4) is 6.07 Å². The molecular weight excluding hydrogens is 238 g/mol. The lowest BCUT2D eigenvalue weighted by Crippen LogP contribution is -2.37. The molecular formula is C14H19N5. The molecule has 0 spiro atoms. The van der Waals surface area contributed by atoms with Gasteiger partial charge in [0.15, 0.2) is 5.82 Å². The van der Waals surface area contributed by atoms with Gasteiger partial charge in [-0.15, -0.1) is 0 Å². The Morgan fingerprint density at radius 2 is 2.16 bits per heavy atom. The molecule has 5 heteroatoms. The number of anilines is 2. The van der Waals surface area contributed by atoms with E-state index in [1.54, 1.807) is 12.3 Å². The molecule has 2 bridgehead atoms. The maximum absolute atomic E-state index is 8.86. The number of hydrogen-bond acceptors (Lipinski definition) is 5. The van der Waals surface area contributed by atoms with E-state index in [1.165, 1.54) is 12.8 Å². The van der Waals surface area contributed by atoms with E-state index in [0.29, 0.717) is 23.3 Å². The van der Waals surface area contributed by atoms with Crippen LogP contribution in [0.25, 0.3) is 0 Å². The predicted molar refractivity (Wildman–Crippen MR) is 74.8 cm³/mol. The Morgan fingerprint density at radius 3 is 2.89 bits per heavy atom. The molecule has 2 unspecified atom stereocenters. The molecule has 0 radical (unpaired) electrons. The number of likely N-dealkylation sites (N-methyl/N-ethyl adjacent to an activating group) is 1. The first-order chi connectivity index (χ1) is 9.19. The summed E-state index contributed by atoms with van der Waals surface area (Å²) in [5.74, 6) is 0.833. The first kappa shape index (κ1) is 12.2. The van der Waals surface area contributed by atoms with Crippen molar-refractivity contribution in [2.24, 2.45) is 0 Å². The zero-order valence-electron chi connectivity index (χ0n) is 11.2. The number of fused-ring (bicyclic) bond motifs is 2. The highest BCUT2D eigenvalue weighted by molar-refractivity contribution is 5.64.